The van der Waals surface area contributed by atoms with E-state index < -0.39 is 11.3 Å². The van der Waals surface area contributed by atoms with E-state index in [4.69, 9.17) is 16.2 Å². The van der Waals surface area contributed by atoms with Crippen molar-refractivity contribution >= 4 is 34.5 Å². The van der Waals surface area contributed by atoms with Gasteiger partial charge in [0.25, 0.3) is 17.2 Å². The van der Waals surface area contributed by atoms with E-state index in [9.17, 15) is 9.00 Å². The summed E-state index contributed by atoms with van der Waals surface area (Å²) in [4.78, 5) is 17.3. The molecule has 1 saturated carbocycles. The quantitative estimate of drug-likeness (QED) is 0.745. The summed E-state index contributed by atoms with van der Waals surface area (Å²) in [5, 5.41) is 0.283. The van der Waals surface area contributed by atoms with Crippen molar-refractivity contribution in [3.8, 4) is 0 Å². The van der Waals surface area contributed by atoms with Crippen molar-refractivity contribution < 1.29 is 13.6 Å². The third-order valence-electron chi connectivity index (χ3n) is 5.37. The minimum atomic E-state index is -2.17. The number of nitrogens with one attached hydrogen (secondary N) is 1. The maximum atomic E-state index is 12.9. The first-order chi connectivity index (χ1) is 12.4. The molecule has 2 fully saturated rings. The van der Waals surface area contributed by atoms with E-state index in [0.717, 1.165) is 25.6 Å². The second kappa shape index (κ2) is 8.69. The van der Waals surface area contributed by atoms with Gasteiger partial charge in [0.15, 0.2) is 0 Å². The van der Waals surface area contributed by atoms with E-state index in [-0.39, 0.29) is 17.0 Å². The summed E-state index contributed by atoms with van der Waals surface area (Å²) < 4.78 is 22.1. The lowest BCUT2D eigenvalue weighted by Gasteiger charge is -2.41. The van der Waals surface area contributed by atoms with E-state index in [2.05, 4.69) is 16.5 Å². The lowest BCUT2D eigenvalue weighted by atomic mass is 10.1. The van der Waals surface area contributed by atoms with Crippen LogP contribution < -0.4 is 4.72 Å². The fourth-order valence-corrected chi connectivity index (χ4v) is 4.66. The molecule has 8 heteroatoms. The SMILES string of the molecule is C[C@H]1CN(CC2CCCC2)CCN1C(=O)c1ccc(NS(=O)O)cc1Cl. The van der Waals surface area contributed by atoms with Crippen LogP contribution in [0.5, 0.6) is 0 Å². The molecule has 1 unspecified atom stereocenters. The van der Waals surface area contributed by atoms with Crippen molar-refractivity contribution in [2.24, 2.45) is 5.92 Å². The number of halogens is 1. The van der Waals surface area contributed by atoms with Crippen LogP contribution in [0.3, 0.4) is 0 Å². The minimum absolute atomic E-state index is 0.0836. The maximum Gasteiger partial charge on any atom is 0.259 e. The van der Waals surface area contributed by atoms with Crippen LogP contribution in [0.2, 0.25) is 5.02 Å². The van der Waals surface area contributed by atoms with Gasteiger partial charge in [0.1, 0.15) is 0 Å². The summed E-state index contributed by atoms with van der Waals surface area (Å²) in [7, 11) is 0. The smallest absolute Gasteiger partial charge is 0.259 e. The van der Waals surface area contributed by atoms with Gasteiger partial charge in [-0.3, -0.25) is 19.0 Å². The fourth-order valence-electron chi connectivity index (χ4n) is 4.07. The number of anilines is 1. The highest BCUT2D eigenvalue weighted by molar-refractivity contribution is 7.80. The molecule has 1 aromatic rings. The fraction of sp³-hybridized carbons (Fsp3) is 0.611. The molecule has 0 radical (unpaired) electrons. The highest BCUT2D eigenvalue weighted by atomic mass is 35.5. The van der Waals surface area contributed by atoms with E-state index in [0.29, 0.717) is 17.8 Å². The number of benzene rings is 1. The number of rotatable bonds is 5. The number of nitrogens with zero attached hydrogens (tertiary/aromatic N) is 2. The summed E-state index contributed by atoms with van der Waals surface area (Å²) in [5.41, 5.74) is 0.832. The molecule has 26 heavy (non-hydrogen) atoms. The van der Waals surface area contributed by atoms with E-state index >= 15 is 0 Å². The molecule has 3 rings (SSSR count). The molecule has 1 heterocycles. The number of hydrogen-bond acceptors (Lipinski definition) is 3. The van der Waals surface area contributed by atoms with Crippen LogP contribution in [0.25, 0.3) is 0 Å². The molecule has 0 bridgehead atoms. The third-order valence-corrected chi connectivity index (χ3v) is 6.09. The van der Waals surface area contributed by atoms with E-state index in [1.807, 2.05) is 4.90 Å². The Balaban J connectivity index is 1.62. The first-order valence-electron chi connectivity index (χ1n) is 9.14. The van der Waals surface area contributed by atoms with Crippen molar-refractivity contribution in [3.63, 3.8) is 0 Å². The molecule has 144 valence electrons. The van der Waals surface area contributed by atoms with Crippen LogP contribution in [0.4, 0.5) is 5.69 Å². The molecular formula is C18H26ClN3O3S. The van der Waals surface area contributed by atoms with Crippen molar-refractivity contribution in [1.29, 1.82) is 0 Å². The zero-order valence-corrected chi connectivity index (χ0v) is 16.6. The zero-order chi connectivity index (χ0) is 18.7. The number of carbonyl (C=O) groups is 1. The molecule has 0 aromatic heterocycles. The molecule has 1 aliphatic heterocycles. The first kappa shape index (κ1) is 19.6. The van der Waals surface area contributed by atoms with Crippen LogP contribution >= 0.6 is 11.6 Å². The van der Waals surface area contributed by atoms with Gasteiger partial charge in [-0.05, 0) is 43.9 Å². The van der Waals surface area contributed by atoms with Crippen LogP contribution in [0.15, 0.2) is 18.2 Å². The highest BCUT2D eigenvalue weighted by Crippen LogP contribution is 2.27. The molecule has 2 N–H and O–H groups in total. The minimum Gasteiger partial charge on any atom is -0.333 e. The van der Waals surface area contributed by atoms with Gasteiger partial charge in [-0.1, -0.05) is 24.4 Å². The van der Waals surface area contributed by atoms with E-state index in [1.54, 1.807) is 12.1 Å². The van der Waals surface area contributed by atoms with Crippen LogP contribution in [0.1, 0.15) is 43.0 Å². The number of hydrogen-bond donors (Lipinski definition) is 2. The topological polar surface area (TPSA) is 72.9 Å². The lowest BCUT2D eigenvalue weighted by molar-refractivity contribution is 0.0461. The van der Waals surface area contributed by atoms with Gasteiger partial charge < -0.3 is 4.90 Å². The van der Waals surface area contributed by atoms with Crippen LogP contribution in [-0.4, -0.2) is 56.7 Å². The van der Waals surface area contributed by atoms with Crippen molar-refractivity contribution in [1.82, 2.24) is 9.80 Å². The van der Waals surface area contributed by atoms with Crippen molar-refractivity contribution in [2.75, 3.05) is 30.9 Å². The Hall–Kier alpha value is -1.15. The Labute approximate surface area is 162 Å². The third kappa shape index (κ3) is 4.76. The van der Waals surface area contributed by atoms with Gasteiger partial charge in [0, 0.05) is 37.9 Å². The normalized spacial score (nSPS) is 23.2. The molecule has 6 nitrogen and oxygen atoms in total. The van der Waals surface area contributed by atoms with Gasteiger partial charge in [-0.25, -0.2) is 4.21 Å². The molecule has 1 aromatic carbocycles. The second-order valence-electron chi connectivity index (χ2n) is 7.30. The van der Waals surface area contributed by atoms with Crippen LogP contribution in [0, 0.1) is 5.92 Å². The Morgan fingerprint density at radius 3 is 2.69 bits per heavy atom. The van der Waals surface area contributed by atoms with Gasteiger partial charge in [0.2, 0.25) is 0 Å². The Morgan fingerprint density at radius 2 is 2.08 bits per heavy atom. The van der Waals surface area contributed by atoms with Crippen molar-refractivity contribution in [2.45, 2.75) is 38.6 Å². The average molecular weight is 400 g/mol. The van der Waals surface area contributed by atoms with Gasteiger partial charge in [-0.2, -0.15) is 0 Å². The second-order valence-corrected chi connectivity index (χ2v) is 8.41. The molecular weight excluding hydrogens is 374 g/mol. The van der Waals surface area contributed by atoms with Crippen LogP contribution in [-0.2, 0) is 11.3 Å². The molecule has 1 amide bonds. The number of piperazine rings is 1. The predicted molar refractivity (Wildman–Crippen MR) is 105 cm³/mol. The monoisotopic (exact) mass is 399 g/mol. The summed E-state index contributed by atoms with van der Waals surface area (Å²) in [6.45, 7) is 5.71. The summed E-state index contributed by atoms with van der Waals surface area (Å²) in [6, 6.07) is 4.84. The lowest BCUT2D eigenvalue weighted by Crippen LogP contribution is -2.54. The summed E-state index contributed by atoms with van der Waals surface area (Å²) in [6.07, 6.45) is 5.38. The van der Waals surface area contributed by atoms with Gasteiger partial charge >= 0.3 is 0 Å². The highest BCUT2D eigenvalue weighted by Gasteiger charge is 2.30. The number of carbonyl (C=O) groups excluding carboxylic acids is 1. The Bertz CT molecular complexity index is 682. The summed E-state index contributed by atoms with van der Waals surface area (Å²) >= 11 is 4.07. The molecule has 2 aliphatic rings. The largest absolute Gasteiger partial charge is 0.333 e. The molecule has 0 spiro atoms. The van der Waals surface area contributed by atoms with Crippen molar-refractivity contribution in [3.05, 3.63) is 28.8 Å². The predicted octanol–water partition coefficient (Wildman–Crippen LogP) is 3.23. The Morgan fingerprint density at radius 1 is 1.35 bits per heavy atom. The zero-order valence-electron chi connectivity index (χ0n) is 15.0. The molecule has 1 aliphatic carbocycles. The summed E-state index contributed by atoms with van der Waals surface area (Å²) in [5.74, 6) is 0.732. The molecule has 1 saturated heterocycles. The Kier molecular flexibility index (Phi) is 6.55. The first-order valence-corrected chi connectivity index (χ1v) is 10.6. The van der Waals surface area contributed by atoms with E-state index in [1.165, 1.54) is 31.7 Å². The standard InChI is InChI=1S/C18H26ClN3O3S/c1-13-11-21(12-14-4-2-3-5-14)8-9-22(13)18(23)16-7-6-15(10-17(16)19)20-26(24)25/h6-7,10,13-14,20H,2-5,8-9,11-12H2,1H3,(H,24,25)/t13-/m0/s1. The maximum absolute atomic E-state index is 12.9. The molecule has 2 atom stereocenters. The average Bonchev–Trinajstić information content (AvgIpc) is 3.07. The van der Waals surface area contributed by atoms with Gasteiger partial charge in [0.05, 0.1) is 10.6 Å². The number of amides is 1. The van der Waals surface area contributed by atoms with Gasteiger partial charge in [-0.15, -0.1) is 0 Å².